The number of fused-ring (bicyclic) bond motifs is 1. The minimum atomic E-state index is -4.73. The summed E-state index contributed by atoms with van der Waals surface area (Å²) < 4.78 is 66.3. The molecule has 4 rings (SSSR count). The summed E-state index contributed by atoms with van der Waals surface area (Å²) in [6, 6.07) is 5.22. The zero-order valence-corrected chi connectivity index (χ0v) is 21.3. The number of thiophene rings is 1. The molecule has 194 valence electrons. The molecule has 3 heterocycles. The number of benzene rings is 1. The molecule has 1 aliphatic rings. The molecule has 1 fully saturated rings. The number of carbonyl (C=O) groups is 1. The number of pyridine rings is 1. The van der Waals surface area contributed by atoms with Crippen molar-refractivity contribution in [3.8, 4) is 0 Å². The first-order valence-electron chi connectivity index (χ1n) is 11.3. The molecule has 0 aliphatic carbocycles. The van der Waals surface area contributed by atoms with Gasteiger partial charge in [-0.3, -0.25) is 9.78 Å². The van der Waals surface area contributed by atoms with Gasteiger partial charge in [0.25, 0.3) is 0 Å². The lowest BCUT2D eigenvalue weighted by atomic mass is 9.98. The fourth-order valence-corrected chi connectivity index (χ4v) is 7.01. The van der Waals surface area contributed by atoms with Gasteiger partial charge >= 0.3 is 6.18 Å². The van der Waals surface area contributed by atoms with Gasteiger partial charge in [-0.25, -0.2) is 8.42 Å². The average molecular weight is 542 g/mol. The topological polar surface area (TPSA) is 99.6 Å². The molecule has 2 N–H and O–H groups in total. The minimum absolute atomic E-state index is 0.0210. The molecule has 12 heteroatoms. The number of aliphatic hydroxyl groups is 1. The van der Waals surface area contributed by atoms with E-state index in [0.29, 0.717) is 21.8 Å². The highest BCUT2D eigenvalue weighted by atomic mass is 32.2. The van der Waals surface area contributed by atoms with E-state index in [1.54, 1.807) is 13.1 Å². The van der Waals surface area contributed by atoms with Crippen LogP contribution in [0.25, 0.3) is 10.2 Å². The Morgan fingerprint density at radius 3 is 2.42 bits per heavy atom. The van der Waals surface area contributed by atoms with Crippen LogP contribution in [0.3, 0.4) is 0 Å². The highest BCUT2D eigenvalue weighted by molar-refractivity contribution is 7.91. The van der Waals surface area contributed by atoms with Crippen molar-refractivity contribution in [1.29, 1.82) is 0 Å². The molecule has 1 unspecified atom stereocenters. The van der Waals surface area contributed by atoms with Crippen molar-refractivity contribution in [3.63, 3.8) is 0 Å². The smallest absolute Gasteiger partial charge is 0.389 e. The second kappa shape index (κ2) is 9.98. The maximum Gasteiger partial charge on any atom is 0.413 e. The molecule has 1 amide bonds. The number of alkyl halides is 3. The largest absolute Gasteiger partial charge is 0.413 e. The number of amides is 1. The summed E-state index contributed by atoms with van der Waals surface area (Å²) in [5.74, 6) is -1.88. The van der Waals surface area contributed by atoms with Crippen LogP contribution in [0.2, 0.25) is 0 Å². The Bertz CT molecular complexity index is 1340. The number of nitrogens with zero attached hydrogens (tertiary/aromatic N) is 2. The number of aliphatic hydroxyl groups excluding tert-OH is 1. The Hall–Kier alpha value is -2.70. The summed E-state index contributed by atoms with van der Waals surface area (Å²) in [7, 11) is -2.14. The van der Waals surface area contributed by atoms with E-state index in [1.165, 1.54) is 35.6 Å². The molecule has 2 aromatic heterocycles. The molecule has 1 aliphatic heterocycles. The van der Waals surface area contributed by atoms with E-state index in [9.17, 15) is 31.5 Å². The number of halogens is 3. The molecular weight excluding hydrogens is 515 g/mol. The normalized spacial score (nSPS) is 18.1. The standard InChI is InChI=1S/C24H26F3N3O4S2/c1-14(31)20-19(13-28-18-7-10-35-21(18)20)29-17-5-3-15(4-6-17)22(24(25,26)27)30(2)23(32)16-8-11-36(33,34)12-9-16/h3-7,10,13-14,16,22,29,31H,8-9,11-12H2,1-2H3/t14?,22-/m0/s1. The van der Waals surface area contributed by atoms with Gasteiger partial charge in [-0.15, -0.1) is 11.3 Å². The summed E-state index contributed by atoms with van der Waals surface area (Å²) in [6.07, 6.45) is -3.91. The molecule has 1 aromatic carbocycles. The number of hydrogen-bond acceptors (Lipinski definition) is 7. The first-order valence-corrected chi connectivity index (χ1v) is 14.0. The van der Waals surface area contributed by atoms with Gasteiger partial charge in [0.15, 0.2) is 6.04 Å². The van der Waals surface area contributed by atoms with Crippen molar-refractivity contribution in [1.82, 2.24) is 9.88 Å². The molecule has 1 saturated heterocycles. The van der Waals surface area contributed by atoms with Crippen LogP contribution < -0.4 is 5.32 Å². The van der Waals surface area contributed by atoms with E-state index in [1.807, 2.05) is 11.4 Å². The molecule has 2 atom stereocenters. The zero-order chi connectivity index (χ0) is 26.3. The number of rotatable bonds is 6. The van der Waals surface area contributed by atoms with E-state index in [2.05, 4.69) is 10.3 Å². The summed E-state index contributed by atoms with van der Waals surface area (Å²) in [6.45, 7) is 1.63. The third kappa shape index (κ3) is 5.50. The van der Waals surface area contributed by atoms with Crippen LogP contribution in [-0.2, 0) is 14.6 Å². The lowest BCUT2D eigenvalue weighted by molar-refractivity contribution is -0.190. The van der Waals surface area contributed by atoms with Crippen molar-refractivity contribution in [2.75, 3.05) is 23.9 Å². The number of aromatic nitrogens is 1. The van der Waals surface area contributed by atoms with Gasteiger partial charge in [0.2, 0.25) is 5.91 Å². The molecule has 0 spiro atoms. The highest BCUT2D eigenvalue weighted by Gasteiger charge is 2.46. The van der Waals surface area contributed by atoms with Crippen LogP contribution in [0.5, 0.6) is 0 Å². The third-order valence-electron chi connectivity index (χ3n) is 6.38. The molecule has 36 heavy (non-hydrogen) atoms. The van der Waals surface area contributed by atoms with Gasteiger partial charge in [-0.2, -0.15) is 13.2 Å². The molecule has 0 bridgehead atoms. The van der Waals surface area contributed by atoms with Crippen molar-refractivity contribution < 1.29 is 31.5 Å². The lowest BCUT2D eigenvalue weighted by Crippen LogP contribution is -2.44. The van der Waals surface area contributed by atoms with Crippen molar-refractivity contribution >= 4 is 48.7 Å². The van der Waals surface area contributed by atoms with Gasteiger partial charge in [0.05, 0.1) is 39.7 Å². The Morgan fingerprint density at radius 1 is 1.19 bits per heavy atom. The molecule has 0 saturated carbocycles. The van der Waals surface area contributed by atoms with Gasteiger partial charge in [-0.05, 0) is 48.9 Å². The number of nitrogens with one attached hydrogen (secondary N) is 1. The zero-order valence-electron chi connectivity index (χ0n) is 19.6. The lowest BCUT2D eigenvalue weighted by Gasteiger charge is -2.34. The number of hydrogen-bond donors (Lipinski definition) is 2. The van der Waals surface area contributed by atoms with E-state index in [-0.39, 0.29) is 29.9 Å². The second-order valence-electron chi connectivity index (χ2n) is 8.96. The van der Waals surface area contributed by atoms with Crippen LogP contribution in [0.4, 0.5) is 24.5 Å². The predicted octanol–water partition coefficient (Wildman–Crippen LogP) is 4.98. The quantitative estimate of drug-likeness (QED) is 0.457. The first-order chi connectivity index (χ1) is 16.9. The van der Waals surface area contributed by atoms with E-state index in [0.717, 1.165) is 17.3 Å². The van der Waals surface area contributed by atoms with Crippen molar-refractivity contribution in [3.05, 3.63) is 53.0 Å². The van der Waals surface area contributed by atoms with E-state index < -0.39 is 40.0 Å². The fraction of sp³-hybridized carbons (Fsp3) is 0.417. The Labute approximate surface area is 210 Å². The fourth-order valence-electron chi connectivity index (χ4n) is 4.53. The summed E-state index contributed by atoms with van der Waals surface area (Å²) in [5, 5.41) is 15.3. The highest BCUT2D eigenvalue weighted by Crippen LogP contribution is 2.40. The number of sulfone groups is 1. The number of carbonyl (C=O) groups excluding carboxylic acids is 1. The summed E-state index contributed by atoms with van der Waals surface area (Å²) in [5.41, 5.74) is 2.31. The van der Waals surface area contributed by atoms with Crippen molar-refractivity contribution in [2.24, 2.45) is 5.92 Å². The molecule has 7 nitrogen and oxygen atoms in total. The van der Waals surface area contributed by atoms with Crippen LogP contribution in [0, 0.1) is 5.92 Å². The van der Waals surface area contributed by atoms with Gasteiger partial charge < -0.3 is 15.3 Å². The molecule has 3 aromatic rings. The number of anilines is 2. The van der Waals surface area contributed by atoms with Crippen LogP contribution in [-0.4, -0.2) is 54.0 Å². The Balaban J connectivity index is 1.57. The van der Waals surface area contributed by atoms with Gasteiger partial charge in [0, 0.05) is 24.2 Å². The third-order valence-corrected chi connectivity index (χ3v) is 9.04. The molecular formula is C24H26F3N3O4S2. The second-order valence-corrected chi connectivity index (χ2v) is 12.2. The predicted molar refractivity (Wildman–Crippen MR) is 133 cm³/mol. The van der Waals surface area contributed by atoms with E-state index in [4.69, 9.17) is 0 Å². The Kier molecular flexibility index (Phi) is 7.31. The van der Waals surface area contributed by atoms with Crippen LogP contribution >= 0.6 is 11.3 Å². The van der Waals surface area contributed by atoms with Crippen LogP contribution in [0.1, 0.15) is 43.0 Å². The van der Waals surface area contributed by atoms with Crippen molar-refractivity contribution in [2.45, 2.75) is 38.1 Å². The van der Waals surface area contributed by atoms with Gasteiger partial charge in [0.1, 0.15) is 9.84 Å². The SMILES string of the molecule is CC(O)c1c(Nc2ccc([C@H](N(C)C(=O)C3CCS(=O)(=O)CC3)C(F)(F)F)cc2)cnc2ccsc12. The maximum atomic E-state index is 14.1. The monoisotopic (exact) mass is 541 g/mol. The molecule has 0 radical (unpaired) electrons. The minimum Gasteiger partial charge on any atom is -0.389 e. The summed E-state index contributed by atoms with van der Waals surface area (Å²) >= 11 is 1.44. The van der Waals surface area contributed by atoms with Gasteiger partial charge in [-0.1, -0.05) is 12.1 Å². The van der Waals surface area contributed by atoms with E-state index >= 15 is 0 Å². The Morgan fingerprint density at radius 2 is 1.83 bits per heavy atom. The van der Waals surface area contributed by atoms with Crippen LogP contribution in [0.15, 0.2) is 41.9 Å². The first kappa shape index (κ1) is 26.4. The summed E-state index contributed by atoms with van der Waals surface area (Å²) in [4.78, 5) is 17.9. The average Bonchev–Trinajstić information content (AvgIpc) is 3.27. The maximum absolute atomic E-state index is 14.1.